The number of anilines is 1. The highest BCUT2D eigenvalue weighted by Crippen LogP contribution is 2.18. The molecule has 110 valence electrons. The van der Waals surface area contributed by atoms with Gasteiger partial charge in [0.2, 0.25) is 0 Å². The van der Waals surface area contributed by atoms with Crippen LogP contribution in [0.1, 0.15) is 5.56 Å². The highest BCUT2D eigenvalue weighted by molar-refractivity contribution is 5.92. The predicted octanol–water partition coefficient (Wildman–Crippen LogP) is 2.21. The maximum atomic E-state index is 11.8. The fourth-order valence-electron chi connectivity index (χ4n) is 1.82. The van der Waals surface area contributed by atoms with Crippen LogP contribution in [0, 0.1) is 0 Å². The molecule has 1 amide bonds. The zero-order chi connectivity index (χ0) is 15.1. The minimum Gasteiger partial charge on any atom is -0.497 e. The maximum absolute atomic E-state index is 11.8. The molecule has 0 radical (unpaired) electrons. The third-order valence-corrected chi connectivity index (χ3v) is 2.86. The van der Waals surface area contributed by atoms with Crippen LogP contribution in [0.15, 0.2) is 48.5 Å². The summed E-state index contributed by atoms with van der Waals surface area (Å²) in [6.07, 6.45) is 0. The lowest BCUT2D eigenvalue weighted by atomic mass is 10.2. The maximum Gasteiger partial charge on any atom is 0.262 e. The highest BCUT2D eigenvalue weighted by Gasteiger charge is 2.07. The van der Waals surface area contributed by atoms with Crippen LogP contribution in [0.3, 0.4) is 0 Å². The molecule has 2 aromatic carbocycles. The Morgan fingerprint density at radius 2 is 2.00 bits per heavy atom. The zero-order valence-electron chi connectivity index (χ0n) is 11.7. The Morgan fingerprint density at radius 1 is 1.19 bits per heavy atom. The fraction of sp³-hybridized carbons (Fsp3) is 0.188. The first-order valence-electron chi connectivity index (χ1n) is 6.48. The molecule has 0 atom stereocenters. The van der Waals surface area contributed by atoms with Gasteiger partial charge in [-0.1, -0.05) is 24.3 Å². The molecule has 0 fully saturated rings. The number of amides is 1. The van der Waals surface area contributed by atoms with Gasteiger partial charge in [-0.2, -0.15) is 0 Å². The fourth-order valence-corrected chi connectivity index (χ4v) is 1.82. The van der Waals surface area contributed by atoms with Gasteiger partial charge in [0.25, 0.3) is 5.91 Å². The molecule has 2 rings (SSSR count). The van der Waals surface area contributed by atoms with Crippen molar-refractivity contribution in [2.75, 3.05) is 19.0 Å². The van der Waals surface area contributed by atoms with E-state index in [-0.39, 0.29) is 19.1 Å². The standard InChI is InChI=1S/C16H17NO4/c1-20-14-7-4-6-13(9-14)17-16(19)11-21-15-8-3-2-5-12(15)10-18/h2-9,18H,10-11H2,1H3,(H,17,19). The molecular formula is C16H17NO4. The summed E-state index contributed by atoms with van der Waals surface area (Å²) >= 11 is 0. The minimum absolute atomic E-state index is 0.131. The van der Waals surface area contributed by atoms with Crippen molar-refractivity contribution >= 4 is 11.6 Å². The molecule has 5 heteroatoms. The van der Waals surface area contributed by atoms with E-state index in [1.54, 1.807) is 55.6 Å². The van der Waals surface area contributed by atoms with Crippen LogP contribution in [-0.4, -0.2) is 24.7 Å². The van der Waals surface area contributed by atoms with E-state index in [1.807, 2.05) is 0 Å². The zero-order valence-corrected chi connectivity index (χ0v) is 11.7. The van der Waals surface area contributed by atoms with E-state index in [1.165, 1.54) is 0 Å². The Hall–Kier alpha value is -2.53. The molecule has 5 nitrogen and oxygen atoms in total. The average molecular weight is 287 g/mol. The van der Waals surface area contributed by atoms with Crippen LogP contribution in [0.2, 0.25) is 0 Å². The summed E-state index contributed by atoms with van der Waals surface area (Å²) in [5, 5.41) is 11.9. The number of carbonyl (C=O) groups excluding carboxylic acids is 1. The Bertz CT molecular complexity index is 613. The van der Waals surface area contributed by atoms with Crippen molar-refractivity contribution in [3.63, 3.8) is 0 Å². The van der Waals surface area contributed by atoms with E-state index in [9.17, 15) is 9.90 Å². The molecule has 2 N–H and O–H groups in total. The molecule has 0 aromatic heterocycles. The molecule has 21 heavy (non-hydrogen) atoms. The Balaban J connectivity index is 1.92. The van der Waals surface area contributed by atoms with Gasteiger partial charge >= 0.3 is 0 Å². The molecule has 0 heterocycles. The predicted molar refractivity (Wildman–Crippen MR) is 79.5 cm³/mol. The van der Waals surface area contributed by atoms with Crippen LogP contribution in [-0.2, 0) is 11.4 Å². The van der Waals surface area contributed by atoms with Gasteiger partial charge in [0.05, 0.1) is 13.7 Å². The molecule has 0 saturated carbocycles. The lowest BCUT2D eigenvalue weighted by Gasteiger charge is -2.10. The molecule has 0 bridgehead atoms. The van der Waals surface area contributed by atoms with Crippen molar-refractivity contribution in [2.24, 2.45) is 0 Å². The van der Waals surface area contributed by atoms with Crippen molar-refractivity contribution in [2.45, 2.75) is 6.61 Å². The normalized spacial score (nSPS) is 10.0. The third kappa shape index (κ3) is 4.22. The van der Waals surface area contributed by atoms with Gasteiger partial charge < -0.3 is 19.9 Å². The minimum atomic E-state index is -0.281. The van der Waals surface area contributed by atoms with E-state index in [0.29, 0.717) is 22.7 Å². The van der Waals surface area contributed by atoms with Crippen molar-refractivity contribution < 1.29 is 19.4 Å². The number of ether oxygens (including phenoxy) is 2. The summed E-state index contributed by atoms with van der Waals surface area (Å²) in [7, 11) is 1.57. The Labute approximate surface area is 123 Å². The largest absolute Gasteiger partial charge is 0.497 e. The summed E-state index contributed by atoms with van der Waals surface area (Å²) in [5.41, 5.74) is 1.28. The first-order valence-corrected chi connectivity index (χ1v) is 6.48. The summed E-state index contributed by atoms with van der Waals surface area (Å²) in [6.45, 7) is -0.262. The second-order valence-electron chi connectivity index (χ2n) is 4.33. The number of para-hydroxylation sites is 1. The summed E-state index contributed by atoms with van der Waals surface area (Å²) in [5.74, 6) is 0.885. The first-order chi connectivity index (χ1) is 10.2. The van der Waals surface area contributed by atoms with E-state index < -0.39 is 0 Å². The van der Waals surface area contributed by atoms with Gasteiger partial charge in [-0.15, -0.1) is 0 Å². The van der Waals surface area contributed by atoms with E-state index >= 15 is 0 Å². The summed E-state index contributed by atoms with van der Waals surface area (Å²) in [4.78, 5) is 11.8. The molecule has 0 spiro atoms. The first kappa shape index (κ1) is 14.9. The molecule has 2 aromatic rings. The highest BCUT2D eigenvalue weighted by atomic mass is 16.5. The molecular weight excluding hydrogens is 270 g/mol. The van der Waals surface area contributed by atoms with Gasteiger partial charge in [0.15, 0.2) is 6.61 Å². The third-order valence-electron chi connectivity index (χ3n) is 2.86. The number of aliphatic hydroxyl groups is 1. The van der Waals surface area contributed by atoms with Gasteiger partial charge in [-0.05, 0) is 18.2 Å². The topological polar surface area (TPSA) is 67.8 Å². The molecule has 0 aliphatic heterocycles. The van der Waals surface area contributed by atoms with E-state index in [4.69, 9.17) is 9.47 Å². The number of carbonyl (C=O) groups is 1. The van der Waals surface area contributed by atoms with Crippen molar-refractivity contribution in [3.8, 4) is 11.5 Å². The number of aliphatic hydroxyl groups excluding tert-OH is 1. The van der Waals surface area contributed by atoms with Crippen molar-refractivity contribution in [1.29, 1.82) is 0 Å². The molecule has 0 unspecified atom stereocenters. The van der Waals surface area contributed by atoms with Crippen molar-refractivity contribution in [3.05, 3.63) is 54.1 Å². The number of nitrogens with one attached hydrogen (secondary N) is 1. The van der Waals surface area contributed by atoms with Gasteiger partial charge in [-0.3, -0.25) is 4.79 Å². The lowest BCUT2D eigenvalue weighted by molar-refractivity contribution is -0.118. The summed E-state index contributed by atoms with van der Waals surface area (Å²) in [6, 6.07) is 14.1. The smallest absolute Gasteiger partial charge is 0.262 e. The molecule has 0 aliphatic carbocycles. The van der Waals surface area contributed by atoms with Gasteiger partial charge in [-0.25, -0.2) is 0 Å². The van der Waals surface area contributed by atoms with Crippen LogP contribution in [0.5, 0.6) is 11.5 Å². The van der Waals surface area contributed by atoms with Gasteiger partial charge in [0.1, 0.15) is 11.5 Å². The summed E-state index contributed by atoms with van der Waals surface area (Å²) < 4.78 is 10.5. The van der Waals surface area contributed by atoms with Gasteiger partial charge in [0, 0.05) is 17.3 Å². The molecule has 0 aliphatic rings. The second-order valence-corrected chi connectivity index (χ2v) is 4.33. The number of benzene rings is 2. The van der Waals surface area contributed by atoms with Crippen molar-refractivity contribution in [1.82, 2.24) is 0 Å². The Kier molecular flexibility index (Phi) is 5.17. The number of hydrogen-bond acceptors (Lipinski definition) is 4. The average Bonchev–Trinajstić information content (AvgIpc) is 2.53. The molecule has 0 saturated heterocycles. The van der Waals surface area contributed by atoms with Crippen LogP contribution in [0.25, 0.3) is 0 Å². The second kappa shape index (κ2) is 7.31. The van der Waals surface area contributed by atoms with Crippen LogP contribution < -0.4 is 14.8 Å². The monoisotopic (exact) mass is 287 g/mol. The number of rotatable bonds is 6. The number of hydrogen-bond donors (Lipinski definition) is 2. The van der Waals surface area contributed by atoms with E-state index in [0.717, 1.165) is 0 Å². The van der Waals surface area contributed by atoms with E-state index in [2.05, 4.69) is 5.32 Å². The lowest BCUT2D eigenvalue weighted by Crippen LogP contribution is -2.20. The number of methoxy groups -OCH3 is 1. The van der Waals surface area contributed by atoms with Crippen LogP contribution in [0.4, 0.5) is 5.69 Å². The SMILES string of the molecule is COc1cccc(NC(=O)COc2ccccc2CO)c1. The quantitative estimate of drug-likeness (QED) is 0.854. The van der Waals surface area contributed by atoms with Crippen LogP contribution >= 0.6 is 0 Å². The Morgan fingerprint density at radius 3 is 2.76 bits per heavy atom.